The number of fused-ring (bicyclic) bond motifs is 1. The lowest BCUT2D eigenvalue weighted by molar-refractivity contribution is -0.126. The van der Waals surface area contributed by atoms with Gasteiger partial charge in [-0.05, 0) is 43.4 Å². The predicted octanol–water partition coefficient (Wildman–Crippen LogP) is 4.11. The lowest BCUT2D eigenvalue weighted by atomic mass is 9.92. The molecule has 2 aliphatic rings. The normalized spacial score (nSPS) is 17.9. The molecule has 6 nitrogen and oxygen atoms in total. The molecular weight excluding hydrogens is 412 g/mol. The number of aromatic nitrogens is 2. The maximum absolute atomic E-state index is 13.5. The van der Waals surface area contributed by atoms with E-state index in [1.54, 1.807) is 0 Å². The van der Waals surface area contributed by atoms with Gasteiger partial charge in [-0.1, -0.05) is 61.7 Å². The standard InChI is InChI=1S/C27H32N4O2/c32-26(28-22-11-5-2-6-12-22)21-15-17-30(18-16-21)25-27(33)31(19-20-9-3-1-4-10-20)24-14-8-7-13-23(24)29-25/h1,3-4,7-10,13-14,21-22H,2,5-6,11-12,15-19H2,(H,28,32). The van der Waals surface area contributed by atoms with Crippen LogP contribution in [0, 0.1) is 5.92 Å². The summed E-state index contributed by atoms with van der Waals surface area (Å²) in [7, 11) is 0. The number of rotatable bonds is 5. The minimum Gasteiger partial charge on any atom is -0.353 e. The van der Waals surface area contributed by atoms with Crippen LogP contribution in [0.25, 0.3) is 11.0 Å². The Balaban J connectivity index is 1.34. The van der Waals surface area contributed by atoms with E-state index in [0.29, 0.717) is 31.5 Å². The van der Waals surface area contributed by atoms with Crippen molar-refractivity contribution in [1.82, 2.24) is 14.9 Å². The van der Waals surface area contributed by atoms with E-state index in [1.165, 1.54) is 19.3 Å². The monoisotopic (exact) mass is 444 g/mol. The first-order chi connectivity index (χ1) is 16.2. The number of nitrogens with one attached hydrogen (secondary N) is 1. The van der Waals surface area contributed by atoms with E-state index in [4.69, 9.17) is 4.98 Å². The first kappa shape index (κ1) is 21.7. The second-order valence-electron chi connectivity index (χ2n) is 9.41. The van der Waals surface area contributed by atoms with Crippen molar-refractivity contribution in [1.29, 1.82) is 0 Å². The fourth-order valence-corrected chi connectivity index (χ4v) is 5.23. The van der Waals surface area contributed by atoms with Crippen LogP contribution in [0.15, 0.2) is 59.4 Å². The third-order valence-corrected chi connectivity index (χ3v) is 7.14. The summed E-state index contributed by atoms with van der Waals surface area (Å²) in [6.45, 7) is 1.86. The van der Waals surface area contributed by atoms with E-state index in [2.05, 4.69) is 10.2 Å². The van der Waals surface area contributed by atoms with Crippen LogP contribution in [0.2, 0.25) is 0 Å². The van der Waals surface area contributed by atoms with E-state index < -0.39 is 0 Å². The van der Waals surface area contributed by atoms with Gasteiger partial charge in [0.2, 0.25) is 5.91 Å². The third-order valence-electron chi connectivity index (χ3n) is 7.14. The molecule has 1 saturated heterocycles. The maximum Gasteiger partial charge on any atom is 0.294 e. The number of hydrogen-bond donors (Lipinski definition) is 1. The zero-order valence-electron chi connectivity index (χ0n) is 19.1. The number of piperidine rings is 1. The Morgan fingerprint density at radius 3 is 2.36 bits per heavy atom. The van der Waals surface area contributed by atoms with Crippen LogP contribution in [-0.2, 0) is 11.3 Å². The zero-order chi connectivity index (χ0) is 22.6. The SMILES string of the molecule is O=C(NC1CCCCC1)C1CCN(c2nc3ccccc3n(Cc3ccccc3)c2=O)CC1. The van der Waals surface area contributed by atoms with Gasteiger partial charge in [-0.3, -0.25) is 14.2 Å². The molecule has 0 spiro atoms. The van der Waals surface area contributed by atoms with Gasteiger partial charge in [0.25, 0.3) is 5.56 Å². The molecule has 2 aromatic carbocycles. The van der Waals surface area contributed by atoms with E-state index in [-0.39, 0.29) is 17.4 Å². The Morgan fingerprint density at radius 1 is 0.909 bits per heavy atom. The van der Waals surface area contributed by atoms with Gasteiger partial charge in [0, 0.05) is 25.0 Å². The highest BCUT2D eigenvalue weighted by molar-refractivity contribution is 5.79. The lowest BCUT2D eigenvalue weighted by Gasteiger charge is -2.33. The molecule has 0 bridgehead atoms. The van der Waals surface area contributed by atoms with Gasteiger partial charge in [-0.2, -0.15) is 0 Å². The van der Waals surface area contributed by atoms with Gasteiger partial charge in [0.05, 0.1) is 17.6 Å². The van der Waals surface area contributed by atoms with Crippen molar-refractivity contribution < 1.29 is 4.79 Å². The summed E-state index contributed by atoms with van der Waals surface area (Å²) >= 11 is 0. The molecule has 33 heavy (non-hydrogen) atoms. The summed E-state index contributed by atoms with van der Waals surface area (Å²) in [6, 6.07) is 18.2. The fraction of sp³-hybridized carbons (Fsp3) is 0.444. The maximum atomic E-state index is 13.5. The van der Waals surface area contributed by atoms with E-state index in [1.807, 2.05) is 59.2 Å². The average molecular weight is 445 g/mol. The topological polar surface area (TPSA) is 67.2 Å². The summed E-state index contributed by atoms with van der Waals surface area (Å²) in [4.78, 5) is 33.2. The molecule has 2 heterocycles. The largest absolute Gasteiger partial charge is 0.353 e. The van der Waals surface area contributed by atoms with E-state index >= 15 is 0 Å². The van der Waals surface area contributed by atoms with Gasteiger partial charge < -0.3 is 10.2 Å². The summed E-state index contributed by atoms with van der Waals surface area (Å²) in [5.41, 5.74) is 2.68. The Hall–Kier alpha value is -3.15. The predicted molar refractivity (Wildman–Crippen MR) is 131 cm³/mol. The van der Waals surface area contributed by atoms with E-state index in [9.17, 15) is 9.59 Å². The molecule has 0 radical (unpaired) electrons. The molecule has 3 aromatic rings. The summed E-state index contributed by atoms with van der Waals surface area (Å²) < 4.78 is 1.83. The molecule has 172 valence electrons. The highest BCUT2D eigenvalue weighted by Gasteiger charge is 2.29. The second-order valence-corrected chi connectivity index (χ2v) is 9.41. The third kappa shape index (κ3) is 4.80. The average Bonchev–Trinajstić information content (AvgIpc) is 2.87. The van der Waals surface area contributed by atoms with Crippen LogP contribution in [0.4, 0.5) is 5.82 Å². The van der Waals surface area contributed by atoms with Crippen molar-refractivity contribution in [2.45, 2.75) is 57.5 Å². The summed E-state index contributed by atoms with van der Waals surface area (Å²) in [5.74, 6) is 0.709. The number of anilines is 1. The minimum absolute atomic E-state index is 0.0233. The van der Waals surface area contributed by atoms with Crippen LogP contribution in [0.3, 0.4) is 0 Å². The first-order valence-electron chi connectivity index (χ1n) is 12.3. The quantitative estimate of drug-likeness (QED) is 0.643. The van der Waals surface area contributed by atoms with Crippen molar-refractivity contribution in [3.63, 3.8) is 0 Å². The Kier molecular flexibility index (Phi) is 6.42. The number of carbonyl (C=O) groups is 1. The number of carbonyl (C=O) groups excluding carboxylic acids is 1. The van der Waals surface area contributed by atoms with Gasteiger partial charge in [0.15, 0.2) is 5.82 Å². The summed E-state index contributed by atoms with van der Waals surface area (Å²) in [6.07, 6.45) is 7.43. The van der Waals surface area contributed by atoms with Crippen LogP contribution in [0.5, 0.6) is 0 Å². The van der Waals surface area contributed by atoms with Gasteiger partial charge in [-0.25, -0.2) is 4.98 Å². The molecule has 1 aliphatic heterocycles. The van der Waals surface area contributed by atoms with Gasteiger partial charge >= 0.3 is 0 Å². The van der Waals surface area contributed by atoms with Crippen LogP contribution >= 0.6 is 0 Å². The Bertz CT molecular complexity index is 1160. The molecular formula is C27H32N4O2. The number of hydrogen-bond acceptors (Lipinski definition) is 4. The Morgan fingerprint density at radius 2 is 1.61 bits per heavy atom. The molecule has 5 rings (SSSR count). The first-order valence-corrected chi connectivity index (χ1v) is 12.3. The van der Waals surface area contributed by atoms with Crippen molar-refractivity contribution in [3.05, 3.63) is 70.5 Å². The van der Waals surface area contributed by atoms with Gasteiger partial charge in [-0.15, -0.1) is 0 Å². The zero-order valence-corrected chi connectivity index (χ0v) is 19.1. The van der Waals surface area contributed by atoms with Crippen molar-refractivity contribution in [2.24, 2.45) is 5.92 Å². The molecule has 0 unspecified atom stereocenters. The molecule has 1 saturated carbocycles. The summed E-state index contributed by atoms with van der Waals surface area (Å²) in [5, 5.41) is 3.28. The highest BCUT2D eigenvalue weighted by Crippen LogP contribution is 2.24. The van der Waals surface area contributed by atoms with Crippen molar-refractivity contribution >= 4 is 22.8 Å². The van der Waals surface area contributed by atoms with Crippen LogP contribution in [-0.4, -0.2) is 34.6 Å². The van der Waals surface area contributed by atoms with Crippen molar-refractivity contribution in [2.75, 3.05) is 18.0 Å². The lowest BCUT2D eigenvalue weighted by Crippen LogP contribution is -2.45. The smallest absolute Gasteiger partial charge is 0.294 e. The fourth-order valence-electron chi connectivity index (χ4n) is 5.23. The van der Waals surface area contributed by atoms with Gasteiger partial charge in [0.1, 0.15) is 0 Å². The number of benzene rings is 2. The molecule has 1 N–H and O–H groups in total. The highest BCUT2D eigenvalue weighted by atomic mass is 16.2. The molecule has 1 aromatic heterocycles. The molecule has 6 heteroatoms. The number of para-hydroxylation sites is 2. The van der Waals surface area contributed by atoms with Crippen LogP contribution in [0.1, 0.15) is 50.5 Å². The van der Waals surface area contributed by atoms with Crippen LogP contribution < -0.4 is 15.8 Å². The number of nitrogens with zero attached hydrogens (tertiary/aromatic N) is 3. The molecule has 0 atom stereocenters. The molecule has 2 fully saturated rings. The number of amides is 1. The second kappa shape index (κ2) is 9.77. The minimum atomic E-state index is -0.0670. The Labute approximate surface area is 194 Å². The van der Waals surface area contributed by atoms with Crippen molar-refractivity contribution in [3.8, 4) is 0 Å². The molecule has 1 aliphatic carbocycles. The molecule has 1 amide bonds. The van der Waals surface area contributed by atoms with E-state index in [0.717, 1.165) is 42.3 Å².